The molecule has 0 heterocycles. The van der Waals surface area contributed by atoms with E-state index in [2.05, 4.69) is 5.16 Å². The van der Waals surface area contributed by atoms with E-state index < -0.39 is 5.97 Å². The lowest BCUT2D eigenvalue weighted by atomic mass is 9.96. The van der Waals surface area contributed by atoms with Crippen LogP contribution < -0.4 is 0 Å². The Hall–Kier alpha value is -2.62. The Morgan fingerprint density at radius 1 is 1.20 bits per heavy atom. The number of fused-ring (bicyclic) bond motifs is 3. The van der Waals surface area contributed by atoms with E-state index in [-0.39, 0.29) is 0 Å². The first-order valence-electron chi connectivity index (χ1n) is 6.26. The molecule has 3 rings (SSSR count). The first-order valence-corrected chi connectivity index (χ1v) is 6.26. The van der Waals surface area contributed by atoms with Crippen LogP contribution in [-0.4, -0.2) is 24.4 Å². The van der Waals surface area contributed by atoms with E-state index >= 15 is 0 Å². The molecule has 2 aromatic carbocycles. The Morgan fingerprint density at radius 3 is 2.60 bits per heavy atom. The standard InChI is InChI=1S/C16H13NO3/c1-20-17-9-12-6-2-4-10-8-11-5-3-7-13(16(18)19)15(11)14(10)12/h2-7,9H,8H2,1H3,(H,18,19)/b17-9+. The highest BCUT2D eigenvalue weighted by atomic mass is 16.6. The van der Waals surface area contributed by atoms with E-state index in [1.807, 2.05) is 24.3 Å². The van der Waals surface area contributed by atoms with Crippen molar-refractivity contribution in [1.29, 1.82) is 0 Å². The van der Waals surface area contributed by atoms with E-state index in [1.165, 1.54) is 7.11 Å². The van der Waals surface area contributed by atoms with Crippen LogP contribution in [0.5, 0.6) is 0 Å². The van der Waals surface area contributed by atoms with Crippen molar-refractivity contribution in [2.45, 2.75) is 6.42 Å². The van der Waals surface area contributed by atoms with E-state index in [0.717, 1.165) is 34.2 Å². The number of benzene rings is 2. The summed E-state index contributed by atoms with van der Waals surface area (Å²) in [7, 11) is 1.48. The predicted molar refractivity (Wildman–Crippen MR) is 76.2 cm³/mol. The highest BCUT2D eigenvalue weighted by Crippen LogP contribution is 2.40. The van der Waals surface area contributed by atoms with Gasteiger partial charge >= 0.3 is 5.97 Å². The van der Waals surface area contributed by atoms with Gasteiger partial charge in [0.25, 0.3) is 0 Å². The summed E-state index contributed by atoms with van der Waals surface area (Å²) in [4.78, 5) is 16.2. The van der Waals surface area contributed by atoms with Crippen molar-refractivity contribution in [3.8, 4) is 11.1 Å². The lowest BCUT2D eigenvalue weighted by Gasteiger charge is -2.08. The van der Waals surface area contributed by atoms with Gasteiger partial charge in [-0.3, -0.25) is 0 Å². The third-order valence-corrected chi connectivity index (χ3v) is 3.49. The molecule has 0 amide bonds. The minimum absolute atomic E-state index is 0.333. The van der Waals surface area contributed by atoms with Crippen molar-refractivity contribution in [3.05, 3.63) is 58.7 Å². The maximum Gasteiger partial charge on any atom is 0.336 e. The van der Waals surface area contributed by atoms with Gasteiger partial charge in [0.05, 0.1) is 11.8 Å². The van der Waals surface area contributed by atoms with Gasteiger partial charge in [-0.25, -0.2) is 4.79 Å². The third-order valence-electron chi connectivity index (χ3n) is 3.49. The van der Waals surface area contributed by atoms with E-state index in [0.29, 0.717) is 5.56 Å². The van der Waals surface area contributed by atoms with E-state index in [4.69, 9.17) is 4.84 Å². The van der Waals surface area contributed by atoms with Crippen molar-refractivity contribution >= 4 is 12.2 Å². The summed E-state index contributed by atoms with van der Waals surface area (Å²) in [5.74, 6) is -0.909. The minimum Gasteiger partial charge on any atom is -0.478 e. The molecule has 20 heavy (non-hydrogen) atoms. The highest BCUT2D eigenvalue weighted by molar-refractivity contribution is 6.03. The van der Waals surface area contributed by atoms with Crippen LogP contribution in [0.1, 0.15) is 27.0 Å². The van der Waals surface area contributed by atoms with Crippen LogP contribution in [-0.2, 0) is 11.3 Å². The maximum absolute atomic E-state index is 11.4. The molecular weight excluding hydrogens is 254 g/mol. The summed E-state index contributed by atoms with van der Waals surface area (Å²) in [5.41, 5.74) is 5.11. The number of rotatable bonds is 3. The summed E-state index contributed by atoms with van der Waals surface area (Å²) in [5, 5.41) is 13.2. The summed E-state index contributed by atoms with van der Waals surface area (Å²) in [6, 6.07) is 11.3. The van der Waals surface area contributed by atoms with Crippen LogP contribution in [0, 0.1) is 0 Å². The summed E-state index contributed by atoms with van der Waals surface area (Å²) < 4.78 is 0. The fraction of sp³-hybridized carbons (Fsp3) is 0.125. The number of hydrogen-bond donors (Lipinski definition) is 1. The van der Waals surface area contributed by atoms with Gasteiger partial charge < -0.3 is 9.94 Å². The third kappa shape index (κ3) is 1.86. The zero-order chi connectivity index (χ0) is 14.1. The second-order valence-corrected chi connectivity index (χ2v) is 4.62. The van der Waals surface area contributed by atoms with Crippen LogP contribution >= 0.6 is 0 Å². The van der Waals surface area contributed by atoms with Crippen LogP contribution in [0.3, 0.4) is 0 Å². The molecule has 1 N–H and O–H groups in total. The first-order chi connectivity index (χ1) is 9.72. The number of oxime groups is 1. The van der Waals surface area contributed by atoms with Gasteiger partial charge in [0, 0.05) is 11.1 Å². The molecule has 0 unspecified atom stereocenters. The Balaban J connectivity index is 2.27. The average molecular weight is 267 g/mol. The van der Waals surface area contributed by atoms with Crippen molar-refractivity contribution in [2.75, 3.05) is 7.11 Å². The van der Waals surface area contributed by atoms with Gasteiger partial charge in [0.15, 0.2) is 0 Å². The smallest absolute Gasteiger partial charge is 0.336 e. The maximum atomic E-state index is 11.4. The van der Waals surface area contributed by atoms with E-state index in [1.54, 1.807) is 18.3 Å². The fourth-order valence-corrected chi connectivity index (χ4v) is 2.72. The molecule has 1 aliphatic carbocycles. The summed E-state index contributed by atoms with van der Waals surface area (Å²) >= 11 is 0. The van der Waals surface area contributed by atoms with Crippen molar-refractivity contribution in [2.24, 2.45) is 5.16 Å². The average Bonchev–Trinajstić information content (AvgIpc) is 2.83. The Morgan fingerprint density at radius 2 is 1.90 bits per heavy atom. The molecule has 0 aliphatic heterocycles. The lowest BCUT2D eigenvalue weighted by molar-refractivity contribution is 0.0697. The lowest BCUT2D eigenvalue weighted by Crippen LogP contribution is -2.00. The molecule has 0 saturated heterocycles. The molecular formula is C16H13NO3. The fourth-order valence-electron chi connectivity index (χ4n) is 2.72. The van der Waals surface area contributed by atoms with Gasteiger partial charge in [0.2, 0.25) is 0 Å². The summed E-state index contributed by atoms with van der Waals surface area (Å²) in [6.45, 7) is 0. The van der Waals surface area contributed by atoms with Crippen molar-refractivity contribution in [1.82, 2.24) is 0 Å². The molecule has 0 radical (unpaired) electrons. The molecule has 0 aromatic heterocycles. The second-order valence-electron chi connectivity index (χ2n) is 4.62. The monoisotopic (exact) mass is 267 g/mol. The Bertz CT molecular complexity index is 720. The molecule has 100 valence electrons. The molecule has 4 nitrogen and oxygen atoms in total. The molecule has 0 fully saturated rings. The normalized spacial score (nSPS) is 12.2. The van der Waals surface area contributed by atoms with Crippen LogP contribution in [0.2, 0.25) is 0 Å². The summed E-state index contributed by atoms with van der Waals surface area (Å²) in [6.07, 6.45) is 2.37. The SMILES string of the molecule is CO/N=C/c1cccc2c1-c1c(cccc1C(=O)O)C2. The largest absolute Gasteiger partial charge is 0.478 e. The molecule has 0 atom stereocenters. The van der Waals surface area contributed by atoms with Crippen LogP contribution in [0.4, 0.5) is 0 Å². The number of nitrogens with zero attached hydrogens (tertiary/aromatic N) is 1. The molecule has 2 aromatic rings. The second kappa shape index (κ2) is 4.81. The Kier molecular flexibility index (Phi) is 2.99. The highest BCUT2D eigenvalue weighted by Gasteiger charge is 2.25. The quantitative estimate of drug-likeness (QED) is 0.586. The number of carbonyl (C=O) groups is 1. The van der Waals surface area contributed by atoms with Gasteiger partial charge in [-0.2, -0.15) is 0 Å². The van der Waals surface area contributed by atoms with Crippen LogP contribution in [0.15, 0.2) is 41.6 Å². The van der Waals surface area contributed by atoms with Crippen molar-refractivity contribution < 1.29 is 14.7 Å². The van der Waals surface area contributed by atoms with Gasteiger partial charge in [0.1, 0.15) is 7.11 Å². The molecule has 1 aliphatic rings. The molecule has 4 heteroatoms. The molecule has 0 spiro atoms. The molecule has 0 bridgehead atoms. The van der Waals surface area contributed by atoms with Crippen LogP contribution in [0.25, 0.3) is 11.1 Å². The van der Waals surface area contributed by atoms with Crippen molar-refractivity contribution in [3.63, 3.8) is 0 Å². The Labute approximate surface area is 116 Å². The number of carboxylic acid groups (broad SMARTS) is 1. The van der Waals surface area contributed by atoms with E-state index in [9.17, 15) is 9.90 Å². The number of carboxylic acids is 1. The van der Waals surface area contributed by atoms with Gasteiger partial charge in [-0.15, -0.1) is 0 Å². The zero-order valence-corrected chi connectivity index (χ0v) is 11.0. The minimum atomic E-state index is -0.909. The predicted octanol–water partition coefficient (Wildman–Crippen LogP) is 2.94. The number of hydrogen-bond acceptors (Lipinski definition) is 3. The first kappa shape index (κ1) is 12.4. The number of aromatic carboxylic acids is 1. The topological polar surface area (TPSA) is 58.9 Å². The van der Waals surface area contributed by atoms with Gasteiger partial charge in [-0.05, 0) is 29.2 Å². The van der Waals surface area contributed by atoms with Gasteiger partial charge in [-0.1, -0.05) is 35.5 Å². The zero-order valence-electron chi connectivity index (χ0n) is 11.0. The molecule has 0 saturated carbocycles.